The van der Waals surface area contributed by atoms with Gasteiger partial charge in [0.25, 0.3) is 0 Å². The van der Waals surface area contributed by atoms with Crippen molar-refractivity contribution in [3.8, 4) is 0 Å². The molecule has 0 unspecified atom stereocenters. The molecule has 21 heavy (non-hydrogen) atoms. The van der Waals surface area contributed by atoms with Crippen LogP contribution in [0.1, 0.15) is 53.9 Å². The second-order valence-electron chi connectivity index (χ2n) is 6.93. The van der Waals surface area contributed by atoms with Gasteiger partial charge in [0, 0.05) is 19.0 Å². The molecule has 1 saturated heterocycles. The number of hydrogen-bond donors (Lipinski definition) is 0. The van der Waals surface area contributed by atoms with Gasteiger partial charge in [0.15, 0.2) is 0 Å². The van der Waals surface area contributed by atoms with Crippen LogP contribution in [0, 0.1) is 11.8 Å². The first kappa shape index (κ1) is 17.7. The summed E-state index contributed by atoms with van der Waals surface area (Å²) in [5.41, 5.74) is -0.460. The normalized spacial score (nSPS) is 18.8. The Morgan fingerprint density at radius 3 is 1.67 bits per heavy atom. The minimum atomic E-state index is -0.460. The van der Waals surface area contributed by atoms with Gasteiger partial charge in [0.2, 0.25) is 0 Å². The van der Waals surface area contributed by atoms with Crippen molar-refractivity contribution in [2.24, 2.45) is 11.8 Å². The molecule has 120 valence electrons. The fourth-order valence-electron chi connectivity index (χ4n) is 2.03. The van der Waals surface area contributed by atoms with Gasteiger partial charge in [-0.25, -0.2) is 4.79 Å². The molecule has 0 N–H and O–H groups in total. The molecule has 0 aromatic heterocycles. The first-order valence-electron chi connectivity index (χ1n) is 7.59. The molecule has 1 aliphatic heterocycles. The highest BCUT2D eigenvalue weighted by atomic mass is 16.6. The van der Waals surface area contributed by atoms with Crippen LogP contribution in [-0.2, 0) is 14.3 Å². The summed E-state index contributed by atoms with van der Waals surface area (Å²) >= 11 is 0. The van der Waals surface area contributed by atoms with Gasteiger partial charge in [-0.3, -0.25) is 9.59 Å². The van der Waals surface area contributed by atoms with Crippen molar-refractivity contribution >= 4 is 17.7 Å². The van der Waals surface area contributed by atoms with E-state index in [1.54, 1.807) is 18.7 Å². The first-order chi connectivity index (χ1) is 9.60. The highest BCUT2D eigenvalue weighted by molar-refractivity contribution is 5.82. The number of carbonyl (C=O) groups is 3. The van der Waals surface area contributed by atoms with Gasteiger partial charge >= 0.3 is 6.09 Å². The lowest BCUT2D eigenvalue weighted by Gasteiger charge is -2.38. The van der Waals surface area contributed by atoms with E-state index < -0.39 is 5.60 Å². The minimum absolute atomic E-state index is 0.0162. The molecule has 0 radical (unpaired) electrons. The summed E-state index contributed by atoms with van der Waals surface area (Å²) in [5, 5.41) is 0. The molecule has 0 aromatic rings. The van der Waals surface area contributed by atoms with Gasteiger partial charge in [0.05, 0.1) is 5.92 Å². The Kier molecular flexibility index (Phi) is 5.93. The Hall–Kier alpha value is -1.39. The Bertz CT molecular complexity index is 401. The zero-order chi connectivity index (χ0) is 16.2. The summed E-state index contributed by atoms with van der Waals surface area (Å²) in [6.07, 6.45) is 3.24. The number of hydrogen-bond acceptors (Lipinski definition) is 4. The molecular formula is C16H27NO4. The van der Waals surface area contributed by atoms with Crippen LogP contribution >= 0.6 is 0 Å². The Morgan fingerprint density at radius 1 is 0.952 bits per heavy atom. The number of amides is 1. The standard InChI is InChI=1S/C10H17NO3.C6H10O/c1-7(12)8-5-11(6-8)9(13)14-10(2,3)4;1-5(7)6-3-2-4-6/h8H,5-6H2,1-4H3;6H,2-4H2,1H3. The number of nitrogens with zero attached hydrogens (tertiary/aromatic N) is 1. The molecule has 1 amide bonds. The number of Topliss-reactive ketones (excluding diaryl/α,β-unsaturated/α-hetero) is 2. The molecule has 1 saturated carbocycles. The van der Waals surface area contributed by atoms with Crippen LogP contribution in [0.15, 0.2) is 0 Å². The fourth-order valence-corrected chi connectivity index (χ4v) is 2.03. The van der Waals surface area contributed by atoms with Crippen molar-refractivity contribution in [1.29, 1.82) is 0 Å². The Balaban J connectivity index is 0.000000262. The third kappa shape index (κ3) is 5.86. The molecule has 0 bridgehead atoms. The summed E-state index contributed by atoms with van der Waals surface area (Å²) in [6, 6.07) is 0. The molecule has 1 heterocycles. The van der Waals surface area contributed by atoms with Crippen molar-refractivity contribution in [2.75, 3.05) is 13.1 Å². The predicted octanol–water partition coefficient (Wildman–Crippen LogP) is 2.82. The topological polar surface area (TPSA) is 63.7 Å². The van der Waals surface area contributed by atoms with Crippen LogP contribution in [-0.4, -0.2) is 41.3 Å². The smallest absolute Gasteiger partial charge is 0.410 e. The van der Waals surface area contributed by atoms with E-state index in [2.05, 4.69) is 0 Å². The van der Waals surface area contributed by atoms with Gasteiger partial charge in [-0.2, -0.15) is 0 Å². The van der Waals surface area contributed by atoms with Crippen LogP contribution in [0.25, 0.3) is 0 Å². The summed E-state index contributed by atoms with van der Waals surface area (Å²) in [4.78, 5) is 34.3. The van der Waals surface area contributed by atoms with E-state index in [-0.39, 0.29) is 17.8 Å². The maximum absolute atomic E-state index is 11.4. The fraction of sp³-hybridized carbons (Fsp3) is 0.812. The second-order valence-corrected chi connectivity index (χ2v) is 6.93. The van der Waals surface area contributed by atoms with Crippen molar-refractivity contribution in [3.05, 3.63) is 0 Å². The number of ketones is 2. The van der Waals surface area contributed by atoms with Gasteiger partial charge < -0.3 is 9.64 Å². The summed E-state index contributed by atoms with van der Waals surface area (Å²) < 4.78 is 5.15. The zero-order valence-corrected chi connectivity index (χ0v) is 13.8. The van der Waals surface area contributed by atoms with Gasteiger partial charge in [0.1, 0.15) is 17.2 Å². The molecule has 5 heteroatoms. The zero-order valence-electron chi connectivity index (χ0n) is 13.8. The van der Waals surface area contributed by atoms with E-state index in [1.807, 2.05) is 20.8 Å². The Labute approximate surface area is 127 Å². The SMILES string of the molecule is CC(=O)C1CCC1.CC(=O)C1CN(C(=O)OC(C)(C)C)C1. The molecule has 2 rings (SSSR count). The molecule has 2 fully saturated rings. The maximum Gasteiger partial charge on any atom is 0.410 e. The lowest BCUT2D eigenvalue weighted by molar-refractivity contribution is -0.125. The first-order valence-corrected chi connectivity index (χ1v) is 7.59. The minimum Gasteiger partial charge on any atom is -0.444 e. The van der Waals surface area contributed by atoms with Crippen LogP contribution in [0.3, 0.4) is 0 Å². The van der Waals surface area contributed by atoms with Gasteiger partial charge in [-0.05, 0) is 47.5 Å². The number of ether oxygens (including phenoxy) is 1. The summed E-state index contributed by atoms with van der Waals surface area (Å²) in [7, 11) is 0. The van der Waals surface area contributed by atoms with Crippen molar-refractivity contribution in [3.63, 3.8) is 0 Å². The van der Waals surface area contributed by atoms with E-state index >= 15 is 0 Å². The predicted molar refractivity (Wildman–Crippen MR) is 80.0 cm³/mol. The number of likely N-dealkylation sites (tertiary alicyclic amines) is 1. The van der Waals surface area contributed by atoms with Crippen LogP contribution in [0.4, 0.5) is 4.79 Å². The molecule has 1 aliphatic carbocycles. The molecule has 0 aromatic carbocycles. The highest BCUT2D eigenvalue weighted by Crippen LogP contribution is 2.26. The third-order valence-electron chi connectivity index (χ3n) is 3.79. The molecule has 0 atom stereocenters. The number of carbonyl (C=O) groups excluding carboxylic acids is 3. The van der Waals surface area contributed by atoms with E-state index in [0.717, 1.165) is 12.8 Å². The quantitative estimate of drug-likeness (QED) is 0.786. The lowest BCUT2D eigenvalue weighted by Crippen LogP contribution is -2.53. The summed E-state index contributed by atoms with van der Waals surface area (Å²) in [6.45, 7) is 9.73. The molecule has 2 aliphatic rings. The average Bonchev–Trinajstić information content (AvgIpc) is 2.06. The largest absolute Gasteiger partial charge is 0.444 e. The average molecular weight is 297 g/mol. The highest BCUT2D eigenvalue weighted by Gasteiger charge is 2.35. The third-order valence-corrected chi connectivity index (χ3v) is 3.79. The summed E-state index contributed by atoms with van der Waals surface area (Å²) in [5.74, 6) is 0.985. The number of rotatable bonds is 2. The Morgan fingerprint density at radius 2 is 1.43 bits per heavy atom. The molecule has 0 spiro atoms. The van der Waals surface area contributed by atoms with E-state index in [1.165, 1.54) is 6.42 Å². The van der Waals surface area contributed by atoms with Gasteiger partial charge in [-0.1, -0.05) is 6.42 Å². The molecular weight excluding hydrogens is 270 g/mol. The molecule has 5 nitrogen and oxygen atoms in total. The van der Waals surface area contributed by atoms with E-state index in [0.29, 0.717) is 24.8 Å². The van der Waals surface area contributed by atoms with Crippen molar-refractivity contribution < 1.29 is 19.1 Å². The van der Waals surface area contributed by atoms with Gasteiger partial charge in [-0.15, -0.1) is 0 Å². The second kappa shape index (κ2) is 7.05. The van der Waals surface area contributed by atoms with Crippen LogP contribution in [0.2, 0.25) is 0 Å². The van der Waals surface area contributed by atoms with Crippen LogP contribution in [0.5, 0.6) is 0 Å². The lowest BCUT2D eigenvalue weighted by atomic mass is 9.83. The monoisotopic (exact) mass is 297 g/mol. The van der Waals surface area contributed by atoms with Crippen LogP contribution < -0.4 is 0 Å². The van der Waals surface area contributed by atoms with Crippen molar-refractivity contribution in [2.45, 2.75) is 59.5 Å². The van der Waals surface area contributed by atoms with E-state index in [9.17, 15) is 14.4 Å². The maximum atomic E-state index is 11.4. The van der Waals surface area contributed by atoms with E-state index in [4.69, 9.17) is 4.74 Å². The van der Waals surface area contributed by atoms with Crippen molar-refractivity contribution in [1.82, 2.24) is 4.90 Å².